The van der Waals surface area contributed by atoms with Crippen LogP contribution in [0, 0.1) is 11.3 Å². The highest BCUT2D eigenvalue weighted by atomic mass is 16.6. The van der Waals surface area contributed by atoms with E-state index in [0.717, 1.165) is 16.8 Å². The highest BCUT2D eigenvalue weighted by Crippen LogP contribution is 2.24. The highest BCUT2D eigenvalue weighted by molar-refractivity contribution is 5.85. The van der Waals surface area contributed by atoms with Crippen LogP contribution in [0.15, 0.2) is 36.4 Å². The summed E-state index contributed by atoms with van der Waals surface area (Å²) in [4.78, 5) is 30.5. The minimum Gasteiger partial charge on any atom is -0.444 e. The van der Waals surface area contributed by atoms with E-state index < -0.39 is 17.8 Å². The van der Waals surface area contributed by atoms with Gasteiger partial charge in [-0.3, -0.25) is 5.32 Å². The second-order valence-electron chi connectivity index (χ2n) is 7.94. The number of ether oxygens (including phenoxy) is 2. The van der Waals surface area contributed by atoms with E-state index in [1.54, 1.807) is 11.0 Å². The zero-order valence-corrected chi connectivity index (χ0v) is 17.3. The topological polar surface area (TPSA) is 105 Å². The highest BCUT2D eigenvalue weighted by Gasteiger charge is 2.27. The first kappa shape index (κ1) is 21.1. The van der Waals surface area contributed by atoms with Crippen LogP contribution >= 0.6 is 0 Å². The summed E-state index contributed by atoms with van der Waals surface area (Å²) in [7, 11) is 0. The second kappa shape index (κ2) is 8.82. The Morgan fingerprint density at radius 2 is 2.00 bits per heavy atom. The molecular weight excluding hydrogens is 384 g/mol. The first-order valence-corrected chi connectivity index (χ1v) is 9.63. The number of nitriles is 1. The molecule has 1 aliphatic rings. The lowest BCUT2D eigenvalue weighted by atomic mass is 10.0. The number of amides is 2. The third-order valence-corrected chi connectivity index (χ3v) is 4.38. The van der Waals surface area contributed by atoms with Gasteiger partial charge in [0.2, 0.25) is 0 Å². The second-order valence-corrected chi connectivity index (χ2v) is 7.94. The molecule has 0 saturated carbocycles. The number of nitrogens with zero attached hydrogens (tertiary/aromatic N) is 3. The number of carbonyl (C=O) groups excluding carboxylic acids is 2. The average molecular weight is 408 g/mol. The SMILES string of the molecule is CC(C)(C)OC(=O)N1CCc2nc(NC(=O)OCc3ccccc3)c(C#N)cc2C1. The van der Waals surface area contributed by atoms with Crippen molar-refractivity contribution < 1.29 is 19.1 Å². The summed E-state index contributed by atoms with van der Waals surface area (Å²) < 4.78 is 10.6. The van der Waals surface area contributed by atoms with Crippen molar-refractivity contribution in [3.05, 3.63) is 58.8 Å². The van der Waals surface area contributed by atoms with Crippen molar-refractivity contribution in [1.29, 1.82) is 5.26 Å². The molecule has 1 N–H and O–H groups in total. The fourth-order valence-electron chi connectivity index (χ4n) is 2.99. The van der Waals surface area contributed by atoms with E-state index in [0.29, 0.717) is 19.5 Å². The van der Waals surface area contributed by atoms with Crippen molar-refractivity contribution in [2.24, 2.45) is 0 Å². The van der Waals surface area contributed by atoms with Crippen LogP contribution in [0.4, 0.5) is 15.4 Å². The van der Waals surface area contributed by atoms with Crippen molar-refractivity contribution in [2.45, 2.75) is 45.9 Å². The molecule has 0 aliphatic carbocycles. The Morgan fingerprint density at radius 1 is 1.27 bits per heavy atom. The molecule has 0 spiro atoms. The monoisotopic (exact) mass is 408 g/mol. The number of benzene rings is 1. The summed E-state index contributed by atoms with van der Waals surface area (Å²) in [6.45, 7) is 6.29. The van der Waals surface area contributed by atoms with Gasteiger partial charge < -0.3 is 14.4 Å². The van der Waals surface area contributed by atoms with Crippen molar-refractivity contribution in [2.75, 3.05) is 11.9 Å². The molecule has 2 amide bonds. The zero-order valence-electron chi connectivity index (χ0n) is 17.3. The Balaban J connectivity index is 1.68. The quantitative estimate of drug-likeness (QED) is 0.823. The predicted molar refractivity (Wildman–Crippen MR) is 110 cm³/mol. The molecule has 30 heavy (non-hydrogen) atoms. The van der Waals surface area contributed by atoms with E-state index in [1.165, 1.54) is 0 Å². The summed E-state index contributed by atoms with van der Waals surface area (Å²) in [5.74, 6) is 0.153. The van der Waals surface area contributed by atoms with Crippen LogP contribution in [0.2, 0.25) is 0 Å². The van der Waals surface area contributed by atoms with E-state index in [2.05, 4.69) is 10.3 Å². The molecule has 1 aromatic carbocycles. The van der Waals surface area contributed by atoms with Crippen molar-refractivity contribution in [1.82, 2.24) is 9.88 Å². The van der Waals surface area contributed by atoms with E-state index in [4.69, 9.17) is 9.47 Å². The summed E-state index contributed by atoms with van der Waals surface area (Å²) in [5, 5.41) is 12.0. The van der Waals surface area contributed by atoms with Gasteiger partial charge in [0.25, 0.3) is 0 Å². The van der Waals surface area contributed by atoms with Gasteiger partial charge in [0.1, 0.15) is 18.3 Å². The van der Waals surface area contributed by atoms with Crippen molar-refractivity contribution >= 4 is 18.0 Å². The van der Waals surface area contributed by atoms with Crippen molar-refractivity contribution in [3.63, 3.8) is 0 Å². The van der Waals surface area contributed by atoms with Gasteiger partial charge in [-0.25, -0.2) is 14.6 Å². The van der Waals surface area contributed by atoms with E-state index in [1.807, 2.05) is 57.2 Å². The molecule has 8 heteroatoms. The average Bonchev–Trinajstić information content (AvgIpc) is 2.71. The number of aromatic nitrogens is 1. The smallest absolute Gasteiger partial charge is 0.413 e. The van der Waals surface area contributed by atoms with E-state index >= 15 is 0 Å². The van der Waals surface area contributed by atoms with Crippen LogP contribution in [-0.4, -0.2) is 34.2 Å². The number of hydrogen-bond donors (Lipinski definition) is 1. The molecule has 0 fully saturated rings. The fourth-order valence-corrected chi connectivity index (χ4v) is 2.99. The van der Waals surface area contributed by atoms with Gasteiger partial charge in [-0.15, -0.1) is 0 Å². The lowest BCUT2D eigenvalue weighted by molar-refractivity contribution is 0.0223. The Morgan fingerprint density at radius 3 is 2.67 bits per heavy atom. The number of hydrogen-bond acceptors (Lipinski definition) is 6. The van der Waals surface area contributed by atoms with Gasteiger partial charge in [0.15, 0.2) is 5.82 Å². The lowest BCUT2D eigenvalue weighted by Crippen LogP contribution is -2.40. The largest absolute Gasteiger partial charge is 0.444 e. The number of anilines is 1. The van der Waals surface area contributed by atoms with Gasteiger partial charge in [-0.2, -0.15) is 5.26 Å². The molecule has 0 saturated heterocycles. The number of fused-ring (bicyclic) bond motifs is 1. The first-order valence-electron chi connectivity index (χ1n) is 9.63. The van der Waals surface area contributed by atoms with Crippen molar-refractivity contribution in [3.8, 4) is 6.07 Å². The molecule has 156 valence electrons. The third-order valence-electron chi connectivity index (χ3n) is 4.38. The molecule has 3 rings (SSSR count). The molecular formula is C22H24N4O4. The molecule has 1 aliphatic heterocycles. The molecule has 1 aromatic heterocycles. The van der Waals surface area contributed by atoms with Crippen LogP contribution in [0.3, 0.4) is 0 Å². The van der Waals surface area contributed by atoms with Gasteiger partial charge >= 0.3 is 12.2 Å². The first-order chi connectivity index (χ1) is 14.2. The molecule has 2 heterocycles. The molecule has 2 aromatic rings. The maximum atomic E-state index is 12.3. The number of rotatable bonds is 3. The van der Waals surface area contributed by atoms with Crippen LogP contribution < -0.4 is 5.32 Å². The number of carbonyl (C=O) groups is 2. The predicted octanol–water partition coefficient (Wildman–Crippen LogP) is 4.00. The van der Waals surface area contributed by atoms with Gasteiger partial charge in [0.05, 0.1) is 12.1 Å². The van der Waals surface area contributed by atoms with Crippen LogP contribution in [-0.2, 0) is 29.0 Å². The van der Waals surface area contributed by atoms with E-state index in [-0.39, 0.29) is 18.0 Å². The van der Waals surface area contributed by atoms with Crippen LogP contribution in [0.25, 0.3) is 0 Å². The Kier molecular flexibility index (Phi) is 6.21. The maximum absolute atomic E-state index is 12.3. The van der Waals surface area contributed by atoms with Crippen LogP contribution in [0.5, 0.6) is 0 Å². The summed E-state index contributed by atoms with van der Waals surface area (Å²) >= 11 is 0. The standard InChI is InChI=1S/C22H24N4O4/c1-22(2,3)30-21(28)26-10-9-18-17(13-26)11-16(12-23)19(24-18)25-20(27)29-14-15-7-5-4-6-8-15/h4-8,11H,9-10,13-14H2,1-3H3,(H,24,25,27). The van der Waals surface area contributed by atoms with E-state index in [9.17, 15) is 14.9 Å². The third kappa shape index (κ3) is 5.47. The zero-order chi connectivity index (χ0) is 21.7. The lowest BCUT2D eigenvalue weighted by Gasteiger charge is -2.31. The minimum absolute atomic E-state index is 0.115. The van der Waals surface area contributed by atoms with Crippen LogP contribution in [0.1, 0.15) is 43.2 Å². The Hall–Kier alpha value is -3.60. The van der Waals surface area contributed by atoms with Gasteiger partial charge in [-0.05, 0) is 38.0 Å². The van der Waals surface area contributed by atoms with Gasteiger partial charge in [0, 0.05) is 18.7 Å². The number of pyridine rings is 1. The Bertz CT molecular complexity index is 977. The number of nitrogens with one attached hydrogen (secondary N) is 1. The summed E-state index contributed by atoms with van der Waals surface area (Å²) in [6.07, 6.45) is -0.596. The maximum Gasteiger partial charge on any atom is 0.413 e. The normalized spacial score (nSPS) is 13.1. The molecule has 0 radical (unpaired) electrons. The molecule has 0 bridgehead atoms. The summed E-state index contributed by atoms with van der Waals surface area (Å²) in [6, 6.07) is 13.0. The Labute approximate surface area is 175 Å². The summed E-state index contributed by atoms with van der Waals surface area (Å²) in [5.41, 5.74) is 1.96. The fraction of sp³-hybridized carbons (Fsp3) is 0.364. The van der Waals surface area contributed by atoms with Gasteiger partial charge in [-0.1, -0.05) is 30.3 Å². The molecule has 0 atom stereocenters. The molecule has 8 nitrogen and oxygen atoms in total. The molecule has 0 unspecified atom stereocenters. The minimum atomic E-state index is -0.686.